The van der Waals surface area contributed by atoms with E-state index in [0.29, 0.717) is 12.1 Å². The van der Waals surface area contributed by atoms with E-state index in [-0.39, 0.29) is 11.7 Å². The number of aryl methyl sites for hydroxylation is 1. The fourth-order valence-electron chi connectivity index (χ4n) is 5.47. The molecule has 1 aromatic carbocycles. The SMILES string of the molecule is Cc1ccc2c(c1)[nH]c(=O)n2C1CCN(C2CCN(C(C)c3cnccn3)CC2)CC1. The Labute approximate surface area is 183 Å². The molecule has 7 nitrogen and oxygen atoms in total. The van der Waals surface area contributed by atoms with Crippen molar-refractivity contribution in [3.8, 4) is 0 Å². The number of nitrogens with zero attached hydrogens (tertiary/aromatic N) is 5. The van der Waals surface area contributed by atoms with Gasteiger partial charge in [0.25, 0.3) is 0 Å². The zero-order valence-corrected chi connectivity index (χ0v) is 18.5. The molecule has 3 aromatic rings. The molecular formula is C24H32N6O. The summed E-state index contributed by atoms with van der Waals surface area (Å²) in [5, 5.41) is 0. The van der Waals surface area contributed by atoms with Crippen molar-refractivity contribution < 1.29 is 0 Å². The molecule has 2 aliphatic heterocycles. The lowest BCUT2D eigenvalue weighted by Crippen LogP contribution is -2.48. The van der Waals surface area contributed by atoms with Crippen LogP contribution in [0.5, 0.6) is 0 Å². The Balaban J connectivity index is 1.19. The lowest BCUT2D eigenvalue weighted by Gasteiger charge is -2.43. The number of aromatic amines is 1. The number of imidazole rings is 1. The summed E-state index contributed by atoms with van der Waals surface area (Å²) < 4.78 is 2.00. The van der Waals surface area contributed by atoms with Crippen LogP contribution in [0.3, 0.4) is 0 Å². The van der Waals surface area contributed by atoms with Crippen LogP contribution in [0.25, 0.3) is 11.0 Å². The molecule has 0 amide bonds. The van der Waals surface area contributed by atoms with Crippen LogP contribution in [0.15, 0.2) is 41.6 Å². The van der Waals surface area contributed by atoms with Gasteiger partial charge in [-0.3, -0.25) is 19.4 Å². The second-order valence-corrected chi connectivity index (χ2v) is 9.16. The Bertz CT molecular complexity index is 1070. The molecule has 2 aliphatic rings. The van der Waals surface area contributed by atoms with E-state index in [1.54, 1.807) is 12.4 Å². The highest BCUT2D eigenvalue weighted by atomic mass is 16.1. The van der Waals surface area contributed by atoms with Crippen LogP contribution in [0.4, 0.5) is 0 Å². The molecule has 0 radical (unpaired) electrons. The third-order valence-corrected chi connectivity index (χ3v) is 7.31. The highest BCUT2D eigenvalue weighted by Crippen LogP contribution is 2.30. The van der Waals surface area contributed by atoms with E-state index in [0.717, 1.165) is 55.7 Å². The van der Waals surface area contributed by atoms with Crippen LogP contribution in [0.1, 0.15) is 55.9 Å². The van der Waals surface area contributed by atoms with E-state index >= 15 is 0 Å². The van der Waals surface area contributed by atoms with Gasteiger partial charge in [0.2, 0.25) is 0 Å². The summed E-state index contributed by atoms with van der Waals surface area (Å²) in [6.07, 6.45) is 9.87. The number of nitrogens with one attached hydrogen (secondary N) is 1. The number of benzene rings is 1. The highest BCUT2D eigenvalue weighted by Gasteiger charge is 2.31. The van der Waals surface area contributed by atoms with Crippen molar-refractivity contribution in [2.75, 3.05) is 26.2 Å². The van der Waals surface area contributed by atoms with E-state index in [9.17, 15) is 4.79 Å². The van der Waals surface area contributed by atoms with Crippen LogP contribution >= 0.6 is 0 Å². The zero-order valence-electron chi connectivity index (χ0n) is 18.5. The molecule has 0 spiro atoms. The summed E-state index contributed by atoms with van der Waals surface area (Å²) in [7, 11) is 0. The van der Waals surface area contributed by atoms with Gasteiger partial charge < -0.3 is 9.88 Å². The minimum atomic E-state index is 0.0327. The van der Waals surface area contributed by atoms with Crippen LogP contribution in [-0.4, -0.2) is 61.5 Å². The van der Waals surface area contributed by atoms with Crippen LogP contribution in [-0.2, 0) is 0 Å². The van der Waals surface area contributed by atoms with Crippen molar-refractivity contribution in [2.24, 2.45) is 0 Å². The second-order valence-electron chi connectivity index (χ2n) is 9.16. The Morgan fingerprint density at radius 1 is 1.03 bits per heavy atom. The number of likely N-dealkylation sites (tertiary alicyclic amines) is 2. The standard InChI is InChI=1S/C24H32N6O/c1-17-3-4-23-21(15-17)27-24(31)30(23)20-7-13-29(14-8-20)19-5-11-28(12-6-19)18(2)22-16-25-9-10-26-22/h3-4,9-10,15-16,18-20H,5-8,11-14H2,1-2H3,(H,27,31). The van der Waals surface area contributed by atoms with Gasteiger partial charge >= 0.3 is 5.69 Å². The predicted molar refractivity (Wildman–Crippen MR) is 122 cm³/mol. The van der Waals surface area contributed by atoms with Crippen molar-refractivity contribution in [2.45, 2.75) is 57.7 Å². The first-order chi connectivity index (χ1) is 15.1. The fraction of sp³-hybridized carbons (Fsp3) is 0.542. The van der Waals surface area contributed by atoms with Gasteiger partial charge in [0.1, 0.15) is 0 Å². The number of fused-ring (bicyclic) bond motifs is 1. The Morgan fingerprint density at radius 2 is 1.77 bits per heavy atom. The van der Waals surface area contributed by atoms with Crippen molar-refractivity contribution in [1.82, 2.24) is 29.3 Å². The number of piperidine rings is 2. The van der Waals surface area contributed by atoms with Gasteiger partial charge in [0.05, 0.1) is 22.8 Å². The topological polar surface area (TPSA) is 70.1 Å². The summed E-state index contributed by atoms with van der Waals surface area (Å²) in [6.45, 7) is 8.64. The van der Waals surface area contributed by atoms with Gasteiger partial charge in [0.15, 0.2) is 0 Å². The van der Waals surface area contributed by atoms with Gasteiger partial charge in [-0.25, -0.2) is 4.79 Å². The first-order valence-electron chi connectivity index (χ1n) is 11.5. The van der Waals surface area contributed by atoms with Crippen LogP contribution in [0, 0.1) is 6.92 Å². The summed E-state index contributed by atoms with van der Waals surface area (Å²) in [5.41, 5.74) is 4.26. The number of H-pyrrole nitrogens is 1. The first-order valence-corrected chi connectivity index (χ1v) is 11.5. The molecule has 164 valence electrons. The number of rotatable bonds is 4. The van der Waals surface area contributed by atoms with Crippen LogP contribution in [0.2, 0.25) is 0 Å². The maximum absolute atomic E-state index is 12.6. The number of hydrogen-bond acceptors (Lipinski definition) is 5. The van der Waals surface area contributed by atoms with Crippen LogP contribution < -0.4 is 5.69 Å². The Kier molecular flexibility index (Phi) is 5.63. The third-order valence-electron chi connectivity index (χ3n) is 7.31. The molecule has 1 N–H and O–H groups in total. The van der Waals surface area contributed by atoms with Crippen molar-refractivity contribution in [3.05, 3.63) is 58.5 Å². The van der Waals surface area contributed by atoms with Gasteiger partial charge in [-0.05, 0) is 57.2 Å². The Hall–Kier alpha value is -2.51. The normalized spacial score (nSPS) is 21.0. The average molecular weight is 421 g/mol. The number of aromatic nitrogens is 4. The van der Waals surface area contributed by atoms with E-state index < -0.39 is 0 Å². The molecule has 7 heteroatoms. The van der Waals surface area contributed by atoms with E-state index in [1.165, 1.54) is 18.4 Å². The average Bonchev–Trinajstić information content (AvgIpc) is 3.14. The lowest BCUT2D eigenvalue weighted by molar-refractivity contribution is 0.0649. The third kappa shape index (κ3) is 4.04. The van der Waals surface area contributed by atoms with E-state index in [4.69, 9.17) is 0 Å². The predicted octanol–water partition coefficient (Wildman–Crippen LogP) is 3.29. The highest BCUT2D eigenvalue weighted by molar-refractivity contribution is 5.76. The summed E-state index contributed by atoms with van der Waals surface area (Å²) in [6, 6.07) is 7.50. The first kappa shape index (κ1) is 20.4. The maximum Gasteiger partial charge on any atom is 0.326 e. The largest absolute Gasteiger partial charge is 0.326 e. The molecule has 2 fully saturated rings. The minimum absolute atomic E-state index is 0.0327. The van der Waals surface area contributed by atoms with E-state index in [2.05, 4.69) is 56.8 Å². The molecule has 2 aromatic heterocycles. The van der Waals surface area contributed by atoms with Gasteiger partial charge in [-0.2, -0.15) is 0 Å². The summed E-state index contributed by atoms with van der Waals surface area (Å²) in [5.74, 6) is 0. The van der Waals surface area contributed by atoms with Gasteiger partial charge in [-0.15, -0.1) is 0 Å². The number of hydrogen-bond donors (Lipinski definition) is 1. The molecule has 0 saturated carbocycles. The molecule has 0 aliphatic carbocycles. The molecule has 31 heavy (non-hydrogen) atoms. The molecule has 5 rings (SSSR count). The van der Waals surface area contributed by atoms with Crippen molar-refractivity contribution in [1.29, 1.82) is 0 Å². The van der Waals surface area contributed by atoms with E-state index in [1.807, 2.05) is 10.8 Å². The quantitative estimate of drug-likeness (QED) is 0.701. The van der Waals surface area contributed by atoms with Crippen molar-refractivity contribution in [3.63, 3.8) is 0 Å². The zero-order chi connectivity index (χ0) is 21.4. The summed E-state index contributed by atoms with van der Waals surface area (Å²) in [4.78, 5) is 29.6. The smallest absolute Gasteiger partial charge is 0.306 e. The lowest BCUT2D eigenvalue weighted by atomic mass is 9.96. The molecule has 0 bridgehead atoms. The molecule has 4 heterocycles. The Morgan fingerprint density at radius 3 is 2.48 bits per heavy atom. The van der Waals surface area contributed by atoms with Crippen molar-refractivity contribution >= 4 is 11.0 Å². The molecule has 1 atom stereocenters. The molecule has 1 unspecified atom stereocenters. The maximum atomic E-state index is 12.6. The minimum Gasteiger partial charge on any atom is -0.306 e. The monoisotopic (exact) mass is 420 g/mol. The second kappa shape index (κ2) is 8.55. The molecule has 2 saturated heterocycles. The fourth-order valence-corrected chi connectivity index (χ4v) is 5.47. The molecular weight excluding hydrogens is 388 g/mol. The summed E-state index contributed by atoms with van der Waals surface area (Å²) >= 11 is 0. The van der Waals surface area contributed by atoms with Gasteiger partial charge in [-0.1, -0.05) is 6.07 Å². The van der Waals surface area contributed by atoms with Gasteiger partial charge in [0, 0.05) is 56.9 Å².